The van der Waals surface area contributed by atoms with Crippen molar-refractivity contribution in [1.29, 1.82) is 0 Å². The predicted molar refractivity (Wildman–Crippen MR) is 81.1 cm³/mol. The summed E-state index contributed by atoms with van der Waals surface area (Å²) in [5.74, 6) is -3.56. The number of aliphatic hydroxyl groups excluding tert-OH is 1. The van der Waals surface area contributed by atoms with Gasteiger partial charge in [-0.3, -0.25) is 9.59 Å². The van der Waals surface area contributed by atoms with Crippen LogP contribution in [-0.4, -0.2) is 45.3 Å². The molecule has 7 nitrogen and oxygen atoms in total. The van der Waals surface area contributed by atoms with E-state index in [1.165, 1.54) is 6.07 Å². The summed E-state index contributed by atoms with van der Waals surface area (Å²) in [6.07, 6.45) is -2.52. The van der Waals surface area contributed by atoms with E-state index in [-0.39, 0.29) is 5.56 Å². The number of hydrogen-bond acceptors (Lipinski definition) is 4. The summed E-state index contributed by atoms with van der Waals surface area (Å²) in [7, 11) is 0. The summed E-state index contributed by atoms with van der Waals surface area (Å²) in [6, 6.07) is 10.3. The number of benzene rings is 2. The molecule has 0 bridgehead atoms. The molecule has 0 aromatic heterocycles. The molecule has 4 N–H and O–H groups in total. The lowest BCUT2D eigenvalue weighted by atomic mass is 10.0. The van der Waals surface area contributed by atoms with Crippen molar-refractivity contribution in [3.05, 3.63) is 48.0 Å². The summed E-state index contributed by atoms with van der Waals surface area (Å²) in [5, 5.41) is 31.0. The van der Waals surface area contributed by atoms with Gasteiger partial charge in [-0.15, -0.1) is 0 Å². The van der Waals surface area contributed by atoms with E-state index < -0.39 is 36.4 Å². The Morgan fingerprint density at radius 1 is 1.00 bits per heavy atom. The van der Waals surface area contributed by atoms with Crippen LogP contribution in [0.25, 0.3) is 10.8 Å². The molecule has 0 aliphatic carbocycles. The molecule has 2 rings (SSSR count). The molecule has 0 saturated carbocycles. The highest BCUT2D eigenvalue weighted by Crippen LogP contribution is 2.18. The lowest BCUT2D eigenvalue weighted by molar-refractivity contribution is -0.145. The van der Waals surface area contributed by atoms with Crippen molar-refractivity contribution in [2.24, 2.45) is 0 Å². The van der Waals surface area contributed by atoms with Crippen LogP contribution in [0.1, 0.15) is 16.8 Å². The predicted octanol–water partition coefficient (Wildman–Crippen LogP) is 0.858. The second-order valence-electron chi connectivity index (χ2n) is 4.98. The van der Waals surface area contributed by atoms with Crippen LogP contribution >= 0.6 is 0 Å². The van der Waals surface area contributed by atoms with Crippen LogP contribution in [0.2, 0.25) is 0 Å². The van der Waals surface area contributed by atoms with Gasteiger partial charge in [-0.05, 0) is 16.8 Å². The van der Waals surface area contributed by atoms with Crippen molar-refractivity contribution in [3.8, 4) is 0 Å². The van der Waals surface area contributed by atoms with E-state index in [0.717, 1.165) is 5.39 Å². The molecule has 2 aromatic rings. The van der Waals surface area contributed by atoms with Gasteiger partial charge in [-0.2, -0.15) is 0 Å². The van der Waals surface area contributed by atoms with Gasteiger partial charge < -0.3 is 20.6 Å². The molecule has 0 radical (unpaired) electrons. The van der Waals surface area contributed by atoms with Crippen LogP contribution in [0.5, 0.6) is 0 Å². The van der Waals surface area contributed by atoms with Crippen LogP contribution in [-0.2, 0) is 9.59 Å². The van der Waals surface area contributed by atoms with E-state index in [0.29, 0.717) is 5.39 Å². The summed E-state index contributed by atoms with van der Waals surface area (Å²) in [6.45, 7) is 0. The smallest absolute Gasteiger partial charge is 0.328 e. The van der Waals surface area contributed by atoms with Crippen molar-refractivity contribution in [3.63, 3.8) is 0 Å². The summed E-state index contributed by atoms with van der Waals surface area (Å²) in [5.41, 5.74) is 0.247. The van der Waals surface area contributed by atoms with Crippen LogP contribution in [0, 0.1) is 0 Å². The van der Waals surface area contributed by atoms with Gasteiger partial charge in [-0.1, -0.05) is 36.4 Å². The molecule has 0 spiro atoms. The van der Waals surface area contributed by atoms with Gasteiger partial charge >= 0.3 is 11.9 Å². The van der Waals surface area contributed by atoms with Crippen molar-refractivity contribution >= 4 is 28.6 Å². The molecule has 7 heteroatoms. The Morgan fingerprint density at radius 3 is 2.30 bits per heavy atom. The zero-order chi connectivity index (χ0) is 17.0. The molecule has 2 aromatic carbocycles. The molecule has 0 aliphatic rings. The molecule has 1 unspecified atom stereocenters. The fourth-order valence-corrected chi connectivity index (χ4v) is 2.26. The van der Waals surface area contributed by atoms with Gasteiger partial charge in [-0.25, -0.2) is 4.79 Å². The van der Waals surface area contributed by atoms with E-state index in [1.54, 1.807) is 36.4 Å². The molecule has 2 atom stereocenters. The Labute approximate surface area is 131 Å². The maximum absolute atomic E-state index is 12.3. The van der Waals surface area contributed by atoms with E-state index in [9.17, 15) is 19.5 Å². The molecule has 120 valence electrons. The summed E-state index contributed by atoms with van der Waals surface area (Å²) >= 11 is 0. The Balaban J connectivity index is 2.27. The number of carbonyl (C=O) groups excluding carboxylic acids is 1. The zero-order valence-electron chi connectivity index (χ0n) is 12.0. The van der Waals surface area contributed by atoms with Gasteiger partial charge in [0, 0.05) is 5.56 Å². The Kier molecular flexibility index (Phi) is 4.92. The maximum atomic E-state index is 12.3. The van der Waals surface area contributed by atoms with Crippen LogP contribution in [0.4, 0.5) is 0 Å². The number of carbonyl (C=O) groups is 3. The van der Waals surface area contributed by atoms with E-state index in [4.69, 9.17) is 10.2 Å². The minimum Gasteiger partial charge on any atom is -0.481 e. The quantitative estimate of drug-likeness (QED) is 0.626. The molecular weight excluding hydrogens is 302 g/mol. The van der Waals surface area contributed by atoms with Gasteiger partial charge in [0.05, 0.1) is 12.5 Å². The molecule has 0 aliphatic heterocycles. The topological polar surface area (TPSA) is 124 Å². The second-order valence-corrected chi connectivity index (χ2v) is 4.98. The monoisotopic (exact) mass is 317 g/mol. The fraction of sp³-hybridized carbons (Fsp3) is 0.188. The Bertz CT molecular complexity index is 752. The average molecular weight is 317 g/mol. The highest BCUT2D eigenvalue weighted by Gasteiger charge is 2.30. The lowest BCUT2D eigenvalue weighted by Gasteiger charge is -2.19. The number of rotatable bonds is 6. The van der Waals surface area contributed by atoms with Crippen LogP contribution < -0.4 is 5.32 Å². The number of carboxylic acids is 2. The third-order valence-corrected chi connectivity index (χ3v) is 3.36. The summed E-state index contributed by atoms with van der Waals surface area (Å²) < 4.78 is 0. The van der Waals surface area contributed by atoms with E-state index in [2.05, 4.69) is 5.32 Å². The number of amides is 1. The molecule has 0 heterocycles. The lowest BCUT2D eigenvalue weighted by Crippen LogP contribution is -2.49. The minimum atomic E-state index is -1.73. The molecule has 23 heavy (non-hydrogen) atoms. The van der Waals surface area contributed by atoms with Gasteiger partial charge in [0.1, 0.15) is 0 Å². The standard InChI is InChI=1S/C16H15NO6/c18-12(8-13(19)20)14(16(22)23)17-15(21)11-7-3-5-9-4-1-2-6-10(9)11/h1-7,12,14,18H,8H2,(H,17,21)(H,19,20)(H,22,23)/t12?,14-/m0/s1. The van der Waals surface area contributed by atoms with E-state index in [1.807, 2.05) is 0 Å². The van der Waals surface area contributed by atoms with Crippen molar-refractivity contribution in [2.75, 3.05) is 0 Å². The highest BCUT2D eigenvalue weighted by atomic mass is 16.4. The Morgan fingerprint density at radius 2 is 1.65 bits per heavy atom. The van der Waals surface area contributed by atoms with Crippen molar-refractivity contribution in [2.45, 2.75) is 18.6 Å². The molecular formula is C16H15NO6. The number of fused-ring (bicyclic) bond motifs is 1. The first-order valence-corrected chi connectivity index (χ1v) is 6.81. The normalized spacial score (nSPS) is 13.3. The second kappa shape index (κ2) is 6.89. The third-order valence-electron chi connectivity index (χ3n) is 3.36. The van der Waals surface area contributed by atoms with Crippen LogP contribution in [0.15, 0.2) is 42.5 Å². The number of aliphatic carboxylic acids is 2. The van der Waals surface area contributed by atoms with Gasteiger partial charge in [0.2, 0.25) is 0 Å². The SMILES string of the molecule is O=C(O)CC(O)[C@H](NC(=O)c1cccc2ccccc12)C(=O)O. The highest BCUT2D eigenvalue weighted by molar-refractivity contribution is 6.08. The largest absolute Gasteiger partial charge is 0.481 e. The molecule has 0 saturated heterocycles. The number of aliphatic hydroxyl groups is 1. The van der Waals surface area contributed by atoms with Crippen LogP contribution in [0.3, 0.4) is 0 Å². The maximum Gasteiger partial charge on any atom is 0.328 e. The fourth-order valence-electron chi connectivity index (χ4n) is 2.26. The van der Waals surface area contributed by atoms with E-state index >= 15 is 0 Å². The number of carboxylic acid groups (broad SMARTS) is 2. The zero-order valence-corrected chi connectivity index (χ0v) is 12.0. The third kappa shape index (κ3) is 3.83. The first-order chi connectivity index (χ1) is 10.9. The minimum absolute atomic E-state index is 0.247. The van der Waals surface area contributed by atoms with Gasteiger partial charge in [0.25, 0.3) is 5.91 Å². The number of hydrogen-bond donors (Lipinski definition) is 4. The van der Waals surface area contributed by atoms with Crippen molar-refractivity contribution < 1.29 is 29.7 Å². The molecule has 0 fully saturated rings. The molecule has 1 amide bonds. The first-order valence-electron chi connectivity index (χ1n) is 6.81. The average Bonchev–Trinajstić information content (AvgIpc) is 2.50. The first kappa shape index (κ1) is 16.4. The number of nitrogens with one attached hydrogen (secondary N) is 1. The van der Waals surface area contributed by atoms with Gasteiger partial charge in [0.15, 0.2) is 6.04 Å². The summed E-state index contributed by atoms with van der Waals surface area (Å²) in [4.78, 5) is 34.1. The Hall–Kier alpha value is -2.93. The van der Waals surface area contributed by atoms with Crippen molar-refractivity contribution in [1.82, 2.24) is 5.32 Å².